The van der Waals surface area contributed by atoms with Crippen molar-refractivity contribution in [2.75, 3.05) is 24.8 Å². The van der Waals surface area contributed by atoms with Crippen molar-refractivity contribution >= 4 is 23.5 Å². The Labute approximate surface area is 191 Å². The van der Waals surface area contributed by atoms with Gasteiger partial charge < -0.3 is 19.7 Å². The van der Waals surface area contributed by atoms with Crippen molar-refractivity contribution in [2.24, 2.45) is 5.92 Å². The van der Waals surface area contributed by atoms with Crippen molar-refractivity contribution in [3.63, 3.8) is 0 Å². The lowest BCUT2D eigenvalue weighted by Crippen LogP contribution is -2.43. The molecule has 1 saturated heterocycles. The quantitative estimate of drug-likeness (QED) is 0.613. The summed E-state index contributed by atoms with van der Waals surface area (Å²) in [5.41, 5.74) is 0.991. The van der Waals surface area contributed by atoms with Crippen LogP contribution < -0.4 is 19.7 Å². The molecule has 164 valence electrons. The molecule has 1 aromatic heterocycles. The third-order valence-electron chi connectivity index (χ3n) is 5.60. The van der Waals surface area contributed by atoms with E-state index in [-0.39, 0.29) is 18.6 Å². The Kier molecular flexibility index (Phi) is 6.11. The zero-order valence-corrected chi connectivity index (χ0v) is 18.4. The van der Waals surface area contributed by atoms with E-state index in [4.69, 9.17) is 9.47 Å². The molecule has 2 aliphatic rings. The van der Waals surface area contributed by atoms with E-state index in [1.165, 1.54) is 0 Å². The zero-order valence-electron chi connectivity index (χ0n) is 17.6. The Morgan fingerprint density at radius 1 is 1.09 bits per heavy atom. The van der Waals surface area contributed by atoms with Crippen molar-refractivity contribution in [1.82, 2.24) is 15.3 Å². The summed E-state index contributed by atoms with van der Waals surface area (Å²) in [7, 11) is 0. The first-order valence-corrected chi connectivity index (χ1v) is 11.5. The molecule has 2 aromatic carbocycles. The van der Waals surface area contributed by atoms with E-state index in [9.17, 15) is 4.79 Å². The average molecular weight is 449 g/mol. The number of hydrogen-bond donors (Lipinski definition) is 1. The fraction of sp³-hybridized carbons (Fsp3) is 0.292. The van der Waals surface area contributed by atoms with Crippen LogP contribution in [0.1, 0.15) is 18.4 Å². The van der Waals surface area contributed by atoms with Crippen molar-refractivity contribution in [1.29, 1.82) is 0 Å². The van der Waals surface area contributed by atoms with Crippen molar-refractivity contribution in [3.8, 4) is 11.5 Å². The van der Waals surface area contributed by atoms with E-state index in [1.807, 2.05) is 36.4 Å². The number of benzene rings is 2. The van der Waals surface area contributed by atoms with Crippen molar-refractivity contribution < 1.29 is 14.3 Å². The number of aromatic nitrogens is 2. The standard InChI is InChI=1S/C24H24N4O3S/c29-23(27-14-17-8-9-20-21(13-17)31-16-30-20)18-5-4-12-28(15-18)22-24(26-11-10-25-22)32-19-6-2-1-3-7-19/h1-3,6-11,13,18H,4-5,12,14-16H2,(H,27,29). The van der Waals surface area contributed by atoms with Gasteiger partial charge in [0.15, 0.2) is 17.3 Å². The highest BCUT2D eigenvalue weighted by Crippen LogP contribution is 2.34. The summed E-state index contributed by atoms with van der Waals surface area (Å²) in [5.74, 6) is 2.29. The number of ether oxygens (including phenoxy) is 2. The third kappa shape index (κ3) is 4.65. The molecule has 32 heavy (non-hydrogen) atoms. The molecule has 3 heterocycles. The van der Waals surface area contributed by atoms with E-state index in [0.29, 0.717) is 13.1 Å². The topological polar surface area (TPSA) is 76.6 Å². The van der Waals surface area contributed by atoms with Gasteiger partial charge in [-0.1, -0.05) is 36.0 Å². The van der Waals surface area contributed by atoms with Crippen molar-refractivity contribution in [3.05, 3.63) is 66.5 Å². The minimum absolute atomic E-state index is 0.0634. The molecule has 0 spiro atoms. The van der Waals surface area contributed by atoms with Crippen LogP contribution in [0.2, 0.25) is 0 Å². The number of amides is 1. The van der Waals surface area contributed by atoms with Gasteiger partial charge in [0.2, 0.25) is 12.7 Å². The molecule has 0 aliphatic carbocycles. The average Bonchev–Trinajstić information content (AvgIpc) is 3.32. The van der Waals surface area contributed by atoms with E-state index >= 15 is 0 Å². The number of piperidine rings is 1. The van der Waals surface area contributed by atoms with Gasteiger partial charge in [0, 0.05) is 36.9 Å². The molecule has 1 fully saturated rings. The summed E-state index contributed by atoms with van der Waals surface area (Å²) < 4.78 is 10.8. The third-order valence-corrected chi connectivity index (χ3v) is 6.59. The van der Waals surface area contributed by atoms with E-state index in [2.05, 4.69) is 32.3 Å². The summed E-state index contributed by atoms with van der Waals surface area (Å²) in [5, 5.41) is 3.94. The molecule has 1 unspecified atom stereocenters. The van der Waals surface area contributed by atoms with E-state index in [1.54, 1.807) is 24.2 Å². The van der Waals surface area contributed by atoms with Gasteiger partial charge in [-0.2, -0.15) is 0 Å². The van der Waals surface area contributed by atoms with Gasteiger partial charge in [0.1, 0.15) is 5.03 Å². The van der Waals surface area contributed by atoms with Crippen molar-refractivity contribution in [2.45, 2.75) is 29.3 Å². The Bertz CT molecular complexity index is 1100. The fourth-order valence-corrected chi connectivity index (χ4v) is 4.88. The van der Waals surface area contributed by atoms with Gasteiger partial charge in [0.05, 0.1) is 5.92 Å². The van der Waals surface area contributed by atoms with Crippen LogP contribution in [0.5, 0.6) is 11.5 Å². The summed E-state index contributed by atoms with van der Waals surface area (Å²) in [4.78, 5) is 25.4. The van der Waals surface area contributed by atoms with Crippen LogP contribution in [0.15, 0.2) is 70.8 Å². The first-order chi connectivity index (χ1) is 15.8. The maximum Gasteiger partial charge on any atom is 0.231 e. The molecule has 0 radical (unpaired) electrons. The molecule has 5 rings (SSSR count). The van der Waals surface area contributed by atoms with Crippen LogP contribution in [0, 0.1) is 5.92 Å². The Hall–Kier alpha value is -3.26. The lowest BCUT2D eigenvalue weighted by atomic mass is 9.97. The molecule has 1 N–H and O–H groups in total. The van der Waals surface area contributed by atoms with Gasteiger partial charge in [-0.15, -0.1) is 0 Å². The van der Waals surface area contributed by atoms with Crippen LogP contribution >= 0.6 is 11.8 Å². The molecule has 7 nitrogen and oxygen atoms in total. The van der Waals surface area contributed by atoms with Crippen LogP contribution in [-0.4, -0.2) is 35.8 Å². The van der Waals surface area contributed by atoms with E-state index in [0.717, 1.165) is 52.2 Å². The highest BCUT2D eigenvalue weighted by atomic mass is 32.2. The Balaban J connectivity index is 1.23. The molecular weight excluding hydrogens is 424 g/mol. The maximum absolute atomic E-state index is 12.9. The smallest absolute Gasteiger partial charge is 0.231 e. The van der Waals surface area contributed by atoms with Crippen LogP contribution in [-0.2, 0) is 11.3 Å². The maximum atomic E-state index is 12.9. The molecule has 0 saturated carbocycles. The molecule has 3 aromatic rings. The number of anilines is 1. The van der Waals surface area contributed by atoms with Gasteiger partial charge in [-0.05, 0) is 42.7 Å². The second-order valence-electron chi connectivity index (χ2n) is 7.79. The monoisotopic (exact) mass is 448 g/mol. The Morgan fingerprint density at radius 3 is 2.84 bits per heavy atom. The zero-order chi connectivity index (χ0) is 21.8. The summed E-state index contributed by atoms with van der Waals surface area (Å²) >= 11 is 1.60. The summed E-state index contributed by atoms with van der Waals surface area (Å²) in [6, 6.07) is 15.9. The van der Waals surface area contributed by atoms with Gasteiger partial charge in [-0.25, -0.2) is 9.97 Å². The fourth-order valence-electron chi connectivity index (χ4n) is 3.97. The number of carbonyl (C=O) groups excluding carboxylic acids is 1. The van der Waals surface area contributed by atoms with Gasteiger partial charge in [0.25, 0.3) is 0 Å². The first kappa shape index (κ1) is 20.6. The normalized spacial score (nSPS) is 17.2. The molecule has 8 heteroatoms. The van der Waals surface area contributed by atoms with Crippen LogP contribution in [0.25, 0.3) is 0 Å². The van der Waals surface area contributed by atoms with Gasteiger partial charge in [-0.3, -0.25) is 4.79 Å². The minimum Gasteiger partial charge on any atom is -0.454 e. The number of nitrogens with one attached hydrogen (secondary N) is 1. The van der Waals surface area contributed by atoms with Gasteiger partial charge >= 0.3 is 0 Å². The number of rotatable bonds is 6. The van der Waals surface area contributed by atoms with Crippen LogP contribution in [0.3, 0.4) is 0 Å². The SMILES string of the molecule is O=C(NCc1ccc2c(c1)OCO2)C1CCCN(c2nccnc2Sc2ccccc2)C1. The predicted octanol–water partition coefficient (Wildman–Crippen LogP) is 3.89. The van der Waals surface area contributed by atoms with Crippen LogP contribution in [0.4, 0.5) is 5.82 Å². The summed E-state index contributed by atoms with van der Waals surface area (Å²) in [6.45, 7) is 2.21. The minimum atomic E-state index is -0.0886. The number of carbonyl (C=O) groups is 1. The second kappa shape index (κ2) is 9.48. The molecule has 2 aliphatic heterocycles. The first-order valence-electron chi connectivity index (χ1n) is 10.7. The molecule has 1 amide bonds. The van der Waals surface area contributed by atoms with E-state index < -0.39 is 0 Å². The molecular formula is C24H24N4O3S. The lowest BCUT2D eigenvalue weighted by molar-refractivity contribution is -0.125. The highest BCUT2D eigenvalue weighted by Gasteiger charge is 2.28. The lowest BCUT2D eigenvalue weighted by Gasteiger charge is -2.33. The number of hydrogen-bond acceptors (Lipinski definition) is 7. The number of fused-ring (bicyclic) bond motifs is 1. The number of nitrogens with zero attached hydrogens (tertiary/aromatic N) is 3. The predicted molar refractivity (Wildman–Crippen MR) is 122 cm³/mol. The second-order valence-corrected chi connectivity index (χ2v) is 8.85. The largest absolute Gasteiger partial charge is 0.454 e. The molecule has 0 bridgehead atoms. The Morgan fingerprint density at radius 2 is 1.94 bits per heavy atom. The molecule has 1 atom stereocenters. The summed E-state index contributed by atoms with van der Waals surface area (Å²) in [6.07, 6.45) is 5.24. The highest BCUT2D eigenvalue weighted by molar-refractivity contribution is 7.99.